The molecule has 3 heteroatoms. The van der Waals surface area contributed by atoms with E-state index in [1.807, 2.05) is 0 Å². The van der Waals surface area contributed by atoms with Gasteiger partial charge < -0.3 is 5.73 Å². The third kappa shape index (κ3) is 2.36. The summed E-state index contributed by atoms with van der Waals surface area (Å²) in [7, 11) is 0. The van der Waals surface area contributed by atoms with Gasteiger partial charge in [0, 0.05) is 5.70 Å². The van der Waals surface area contributed by atoms with E-state index in [9.17, 15) is 0 Å². The molecular formula is C17H24N2O. The molecule has 2 N–H and O–H groups in total. The van der Waals surface area contributed by atoms with Crippen molar-refractivity contribution in [2.45, 2.75) is 51.5 Å². The lowest BCUT2D eigenvalue weighted by Crippen LogP contribution is -2.34. The summed E-state index contributed by atoms with van der Waals surface area (Å²) in [5.41, 5.74) is 11.5. The van der Waals surface area contributed by atoms with Crippen LogP contribution >= 0.6 is 0 Å². The number of fused-ring (bicyclic) bond motifs is 1. The molecule has 1 unspecified atom stereocenters. The fourth-order valence-electron chi connectivity index (χ4n) is 3.20. The Morgan fingerprint density at radius 1 is 1.25 bits per heavy atom. The molecular weight excluding hydrogens is 248 g/mol. The summed E-state index contributed by atoms with van der Waals surface area (Å²) in [6.07, 6.45) is 6.93. The molecule has 0 bridgehead atoms. The molecule has 1 aromatic carbocycles. The maximum Gasteiger partial charge on any atom is 0.0753 e. The minimum Gasteiger partial charge on any atom is -0.320 e. The maximum absolute atomic E-state index is 6.48. The van der Waals surface area contributed by atoms with Gasteiger partial charge >= 0.3 is 0 Å². The molecule has 0 aromatic heterocycles. The van der Waals surface area contributed by atoms with Crippen molar-refractivity contribution in [3.63, 3.8) is 0 Å². The third-order valence-corrected chi connectivity index (χ3v) is 4.31. The summed E-state index contributed by atoms with van der Waals surface area (Å²) in [6.45, 7) is 2.96. The largest absolute Gasteiger partial charge is 0.320 e. The molecule has 1 atom stereocenters. The van der Waals surface area contributed by atoms with Crippen LogP contribution in [0, 0.1) is 0 Å². The normalized spacial score (nSPS) is 21.7. The number of para-hydroxylation sites is 1. The minimum atomic E-state index is 0.0486. The van der Waals surface area contributed by atoms with Crippen LogP contribution in [-0.2, 0) is 4.84 Å². The first-order chi connectivity index (χ1) is 9.83. The van der Waals surface area contributed by atoms with E-state index in [-0.39, 0.29) is 6.04 Å². The van der Waals surface area contributed by atoms with Crippen molar-refractivity contribution in [3.8, 4) is 0 Å². The number of benzene rings is 1. The van der Waals surface area contributed by atoms with Crippen LogP contribution in [0.2, 0.25) is 0 Å². The molecule has 1 aromatic rings. The highest BCUT2D eigenvalue weighted by Gasteiger charge is 2.32. The number of nitrogens with two attached hydrogens (primary N) is 1. The molecule has 20 heavy (non-hydrogen) atoms. The zero-order valence-electron chi connectivity index (χ0n) is 12.3. The number of rotatable bonds is 4. The Balaban J connectivity index is 1.96. The van der Waals surface area contributed by atoms with Crippen molar-refractivity contribution in [3.05, 3.63) is 41.1 Å². The second-order valence-corrected chi connectivity index (χ2v) is 5.70. The smallest absolute Gasteiger partial charge is 0.0753 e. The van der Waals surface area contributed by atoms with Gasteiger partial charge in [-0.1, -0.05) is 31.5 Å². The lowest BCUT2D eigenvalue weighted by atomic mass is 9.84. The van der Waals surface area contributed by atoms with E-state index in [0.29, 0.717) is 0 Å². The minimum absolute atomic E-state index is 0.0486. The number of nitrogens with zero attached hydrogens (tertiary/aromatic N) is 1. The molecule has 3 rings (SSSR count). The van der Waals surface area contributed by atoms with E-state index in [2.05, 4.69) is 36.3 Å². The molecule has 0 saturated heterocycles. The fraction of sp³-hybridized carbons (Fsp3) is 0.529. The fourth-order valence-corrected chi connectivity index (χ4v) is 3.20. The first kappa shape index (κ1) is 13.7. The van der Waals surface area contributed by atoms with E-state index in [0.717, 1.165) is 38.0 Å². The topological polar surface area (TPSA) is 38.5 Å². The molecule has 0 amide bonds. The van der Waals surface area contributed by atoms with Gasteiger partial charge in [-0.25, -0.2) is 5.06 Å². The van der Waals surface area contributed by atoms with Gasteiger partial charge in [0.15, 0.2) is 0 Å². The highest BCUT2D eigenvalue weighted by molar-refractivity contribution is 5.63. The van der Waals surface area contributed by atoms with Crippen LogP contribution in [-0.4, -0.2) is 6.61 Å². The number of hydroxylamine groups is 1. The van der Waals surface area contributed by atoms with Crippen LogP contribution < -0.4 is 10.8 Å². The molecule has 0 spiro atoms. The predicted octanol–water partition coefficient (Wildman–Crippen LogP) is 4.07. The van der Waals surface area contributed by atoms with E-state index in [1.54, 1.807) is 0 Å². The van der Waals surface area contributed by atoms with Crippen LogP contribution in [0.4, 0.5) is 5.69 Å². The number of anilines is 1. The summed E-state index contributed by atoms with van der Waals surface area (Å²) in [5.74, 6) is 0. The molecule has 3 nitrogen and oxygen atoms in total. The zero-order chi connectivity index (χ0) is 13.9. The summed E-state index contributed by atoms with van der Waals surface area (Å²) in [6, 6.07) is 8.44. The van der Waals surface area contributed by atoms with Crippen LogP contribution in [0.1, 0.15) is 57.1 Å². The lowest BCUT2D eigenvalue weighted by Gasteiger charge is -2.39. The lowest BCUT2D eigenvalue weighted by molar-refractivity contribution is 0.116. The summed E-state index contributed by atoms with van der Waals surface area (Å²) < 4.78 is 0. The Morgan fingerprint density at radius 3 is 2.90 bits per heavy atom. The number of unbranched alkanes of at least 4 members (excludes halogenated alkanes) is 1. The maximum atomic E-state index is 6.48. The van der Waals surface area contributed by atoms with Gasteiger partial charge in [0.05, 0.1) is 18.3 Å². The van der Waals surface area contributed by atoms with Crippen molar-refractivity contribution >= 4 is 5.69 Å². The van der Waals surface area contributed by atoms with Crippen molar-refractivity contribution < 1.29 is 4.84 Å². The summed E-state index contributed by atoms with van der Waals surface area (Å²) in [5, 5.41) is 2.07. The SMILES string of the molecule is CCCCON1C2=C(CCCC2)C(N)c2ccccc21. The summed E-state index contributed by atoms with van der Waals surface area (Å²) in [4.78, 5) is 6.09. The number of hydrogen-bond donors (Lipinski definition) is 1. The Kier molecular flexibility index (Phi) is 4.08. The third-order valence-electron chi connectivity index (χ3n) is 4.31. The Hall–Kier alpha value is -1.32. The average molecular weight is 272 g/mol. The van der Waals surface area contributed by atoms with Crippen LogP contribution in [0.5, 0.6) is 0 Å². The van der Waals surface area contributed by atoms with Gasteiger partial charge in [0.25, 0.3) is 0 Å². The summed E-state index contributed by atoms with van der Waals surface area (Å²) >= 11 is 0. The van der Waals surface area contributed by atoms with E-state index >= 15 is 0 Å². The number of hydrogen-bond acceptors (Lipinski definition) is 3. The monoisotopic (exact) mass is 272 g/mol. The van der Waals surface area contributed by atoms with Crippen molar-refractivity contribution in [2.24, 2.45) is 5.73 Å². The predicted molar refractivity (Wildman–Crippen MR) is 82.2 cm³/mol. The quantitative estimate of drug-likeness (QED) is 0.840. The second-order valence-electron chi connectivity index (χ2n) is 5.70. The van der Waals surface area contributed by atoms with E-state index in [1.165, 1.54) is 29.7 Å². The first-order valence-electron chi connectivity index (χ1n) is 7.82. The van der Waals surface area contributed by atoms with Gasteiger partial charge in [-0.05, 0) is 49.3 Å². The molecule has 108 valence electrons. The average Bonchev–Trinajstić information content (AvgIpc) is 2.51. The molecule has 1 heterocycles. The van der Waals surface area contributed by atoms with Gasteiger partial charge in [-0.15, -0.1) is 0 Å². The molecule has 0 saturated carbocycles. The van der Waals surface area contributed by atoms with Crippen LogP contribution in [0.3, 0.4) is 0 Å². The number of allylic oxidation sites excluding steroid dienone is 1. The van der Waals surface area contributed by atoms with Crippen LogP contribution in [0.25, 0.3) is 0 Å². The second kappa shape index (κ2) is 5.98. The van der Waals surface area contributed by atoms with Gasteiger partial charge in [-0.2, -0.15) is 0 Å². The molecule has 0 radical (unpaired) electrons. The molecule has 1 aliphatic carbocycles. The van der Waals surface area contributed by atoms with Gasteiger partial charge in [-0.3, -0.25) is 4.84 Å². The van der Waals surface area contributed by atoms with Crippen molar-refractivity contribution in [1.82, 2.24) is 0 Å². The van der Waals surface area contributed by atoms with Gasteiger partial charge in [0.2, 0.25) is 0 Å². The molecule has 1 aliphatic heterocycles. The van der Waals surface area contributed by atoms with Crippen molar-refractivity contribution in [2.75, 3.05) is 11.7 Å². The Labute approximate surface area is 121 Å². The van der Waals surface area contributed by atoms with Crippen molar-refractivity contribution in [1.29, 1.82) is 0 Å². The highest BCUT2D eigenvalue weighted by Crippen LogP contribution is 2.44. The van der Waals surface area contributed by atoms with Crippen LogP contribution in [0.15, 0.2) is 35.5 Å². The van der Waals surface area contributed by atoms with E-state index in [4.69, 9.17) is 10.6 Å². The molecule has 0 fully saturated rings. The zero-order valence-corrected chi connectivity index (χ0v) is 12.3. The Morgan fingerprint density at radius 2 is 2.05 bits per heavy atom. The Bertz CT molecular complexity index is 509. The first-order valence-corrected chi connectivity index (χ1v) is 7.82. The van der Waals surface area contributed by atoms with E-state index < -0.39 is 0 Å². The standard InChI is InChI=1S/C17H24N2O/c1-2-3-12-20-19-15-10-6-4-8-13(15)17(18)14-9-5-7-11-16(14)19/h4,6,8,10,17H,2-3,5,7,9,11-12,18H2,1H3. The highest BCUT2D eigenvalue weighted by atomic mass is 16.7. The molecule has 2 aliphatic rings. The van der Waals surface area contributed by atoms with Gasteiger partial charge in [0.1, 0.15) is 0 Å².